The van der Waals surface area contributed by atoms with Gasteiger partial charge in [0.2, 0.25) is 5.91 Å². The minimum absolute atomic E-state index is 0.0160. The highest BCUT2D eigenvalue weighted by Gasteiger charge is 2.32. The van der Waals surface area contributed by atoms with E-state index in [9.17, 15) is 14.4 Å². The lowest BCUT2D eigenvalue weighted by Gasteiger charge is -2.25. The first-order valence-corrected chi connectivity index (χ1v) is 9.02. The minimum atomic E-state index is -0.966. The van der Waals surface area contributed by atoms with Gasteiger partial charge in [-0.2, -0.15) is 0 Å². The van der Waals surface area contributed by atoms with Crippen LogP contribution in [0.15, 0.2) is 60.7 Å². The fraction of sp³-hybridized carbons (Fsp3) is 0.318. The van der Waals surface area contributed by atoms with Crippen molar-refractivity contribution in [3.05, 3.63) is 71.8 Å². The summed E-state index contributed by atoms with van der Waals surface area (Å²) in [6.07, 6.45) is -0.0160. The van der Waals surface area contributed by atoms with Gasteiger partial charge in [-0.05, 0) is 17.0 Å². The Bertz CT molecular complexity index is 752. The molecule has 0 aliphatic carbocycles. The summed E-state index contributed by atoms with van der Waals surface area (Å²) in [4.78, 5) is 37.1. The SMILES string of the molecule is COC(=O)C[C@H](C)[C@@H](NC(=O)C(c1ccccc1)c1ccccc1)C(=O)OC. The van der Waals surface area contributed by atoms with Gasteiger partial charge in [0, 0.05) is 0 Å². The van der Waals surface area contributed by atoms with Crippen LogP contribution >= 0.6 is 0 Å². The molecule has 0 aliphatic heterocycles. The molecule has 2 rings (SSSR count). The summed E-state index contributed by atoms with van der Waals surface area (Å²) in [6.45, 7) is 1.69. The lowest BCUT2D eigenvalue weighted by Crippen LogP contribution is -2.48. The monoisotopic (exact) mass is 383 g/mol. The van der Waals surface area contributed by atoms with Crippen molar-refractivity contribution >= 4 is 17.8 Å². The van der Waals surface area contributed by atoms with E-state index in [2.05, 4.69) is 10.1 Å². The van der Waals surface area contributed by atoms with E-state index < -0.39 is 29.8 Å². The van der Waals surface area contributed by atoms with Gasteiger partial charge in [-0.15, -0.1) is 0 Å². The van der Waals surface area contributed by atoms with Gasteiger partial charge in [-0.25, -0.2) is 4.79 Å². The molecule has 0 bridgehead atoms. The molecule has 0 radical (unpaired) electrons. The normalized spacial score (nSPS) is 12.7. The number of ether oxygens (including phenoxy) is 2. The number of carbonyl (C=O) groups excluding carboxylic acids is 3. The third-order valence-electron chi connectivity index (χ3n) is 4.57. The van der Waals surface area contributed by atoms with Gasteiger partial charge in [0.25, 0.3) is 0 Å². The topological polar surface area (TPSA) is 81.7 Å². The smallest absolute Gasteiger partial charge is 0.328 e. The van der Waals surface area contributed by atoms with E-state index in [0.29, 0.717) is 0 Å². The van der Waals surface area contributed by atoms with Crippen molar-refractivity contribution in [1.82, 2.24) is 5.32 Å². The number of rotatable bonds is 8. The lowest BCUT2D eigenvalue weighted by molar-refractivity contribution is -0.148. The van der Waals surface area contributed by atoms with Crippen molar-refractivity contribution in [2.75, 3.05) is 14.2 Å². The predicted molar refractivity (Wildman–Crippen MR) is 104 cm³/mol. The predicted octanol–water partition coefficient (Wildman–Crippen LogP) is 2.68. The van der Waals surface area contributed by atoms with Gasteiger partial charge >= 0.3 is 11.9 Å². The highest BCUT2D eigenvalue weighted by atomic mass is 16.5. The van der Waals surface area contributed by atoms with Gasteiger partial charge in [-0.3, -0.25) is 9.59 Å². The Morgan fingerprint density at radius 3 is 1.79 bits per heavy atom. The Labute approximate surface area is 164 Å². The van der Waals surface area contributed by atoms with E-state index in [0.717, 1.165) is 11.1 Å². The molecule has 6 nitrogen and oxygen atoms in total. The number of amides is 1. The van der Waals surface area contributed by atoms with Crippen LogP contribution in [0.1, 0.15) is 30.4 Å². The molecule has 0 fully saturated rings. The van der Waals surface area contributed by atoms with Crippen LogP contribution in [-0.4, -0.2) is 38.1 Å². The molecular formula is C22H25NO5. The van der Waals surface area contributed by atoms with E-state index in [4.69, 9.17) is 4.74 Å². The highest BCUT2D eigenvalue weighted by molar-refractivity contribution is 5.91. The molecule has 0 heterocycles. The molecule has 6 heteroatoms. The van der Waals surface area contributed by atoms with E-state index >= 15 is 0 Å². The summed E-state index contributed by atoms with van der Waals surface area (Å²) in [5.74, 6) is -2.50. The molecule has 1 N–H and O–H groups in total. The van der Waals surface area contributed by atoms with Gasteiger partial charge in [0.15, 0.2) is 0 Å². The fourth-order valence-corrected chi connectivity index (χ4v) is 3.05. The molecule has 0 aromatic heterocycles. The van der Waals surface area contributed by atoms with Crippen LogP contribution in [-0.2, 0) is 23.9 Å². The highest BCUT2D eigenvalue weighted by Crippen LogP contribution is 2.25. The molecular weight excluding hydrogens is 358 g/mol. The fourth-order valence-electron chi connectivity index (χ4n) is 3.05. The maximum Gasteiger partial charge on any atom is 0.328 e. The Morgan fingerprint density at radius 1 is 0.857 bits per heavy atom. The Hall–Kier alpha value is -3.15. The number of esters is 2. The third-order valence-corrected chi connectivity index (χ3v) is 4.57. The first-order valence-electron chi connectivity index (χ1n) is 9.02. The Kier molecular flexibility index (Phi) is 7.75. The van der Waals surface area contributed by atoms with Crippen LogP contribution < -0.4 is 5.32 Å². The average molecular weight is 383 g/mol. The van der Waals surface area contributed by atoms with Crippen molar-refractivity contribution in [2.24, 2.45) is 5.92 Å². The maximum absolute atomic E-state index is 13.2. The molecule has 0 saturated carbocycles. The summed E-state index contributed by atoms with van der Waals surface area (Å²) in [7, 11) is 2.53. The zero-order valence-corrected chi connectivity index (χ0v) is 16.3. The first kappa shape index (κ1) is 21.2. The third kappa shape index (κ3) is 5.42. The van der Waals surface area contributed by atoms with Gasteiger partial charge in [0.1, 0.15) is 6.04 Å². The van der Waals surface area contributed by atoms with Gasteiger partial charge in [-0.1, -0.05) is 67.6 Å². The second-order valence-electron chi connectivity index (χ2n) is 6.52. The van der Waals surface area contributed by atoms with Crippen LogP contribution in [0, 0.1) is 5.92 Å². The number of nitrogens with one attached hydrogen (secondary N) is 1. The van der Waals surface area contributed by atoms with Crippen molar-refractivity contribution in [2.45, 2.75) is 25.3 Å². The summed E-state index contributed by atoms with van der Waals surface area (Å²) in [5, 5.41) is 2.77. The first-order chi connectivity index (χ1) is 13.5. The van der Waals surface area contributed by atoms with E-state index in [1.807, 2.05) is 60.7 Å². The van der Waals surface area contributed by atoms with Gasteiger partial charge < -0.3 is 14.8 Å². The van der Waals surface area contributed by atoms with Crippen LogP contribution in [0.4, 0.5) is 0 Å². The van der Waals surface area contributed by atoms with Crippen molar-refractivity contribution in [3.63, 3.8) is 0 Å². The van der Waals surface area contributed by atoms with Crippen LogP contribution in [0.5, 0.6) is 0 Å². The zero-order valence-electron chi connectivity index (χ0n) is 16.3. The standard InChI is InChI=1S/C22H25NO5/c1-15(14-18(24)27-2)20(22(26)28-3)23-21(25)19(16-10-6-4-7-11-16)17-12-8-5-9-13-17/h4-13,15,19-20H,14H2,1-3H3,(H,23,25)/t15-,20+/m0/s1. The molecule has 2 atom stereocenters. The molecule has 0 unspecified atom stereocenters. The molecule has 1 amide bonds. The van der Waals surface area contributed by atoms with E-state index in [1.165, 1.54) is 14.2 Å². The number of hydrogen-bond acceptors (Lipinski definition) is 5. The maximum atomic E-state index is 13.2. The summed E-state index contributed by atoms with van der Waals surface area (Å²) >= 11 is 0. The largest absolute Gasteiger partial charge is 0.469 e. The number of carbonyl (C=O) groups is 3. The van der Waals surface area contributed by atoms with Crippen molar-refractivity contribution in [1.29, 1.82) is 0 Å². The van der Waals surface area contributed by atoms with Crippen LogP contribution in [0.25, 0.3) is 0 Å². The van der Waals surface area contributed by atoms with Crippen molar-refractivity contribution < 1.29 is 23.9 Å². The summed E-state index contributed by atoms with van der Waals surface area (Å²) in [5.41, 5.74) is 1.60. The molecule has 0 aliphatic rings. The minimum Gasteiger partial charge on any atom is -0.469 e. The van der Waals surface area contributed by atoms with Crippen molar-refractivity contribution in [3.8, 4) is 0 Å². The molecule has 2 aromatic carbocycles. The van der Waals surface area contributed by atoms with E-state index in [1.54, 1.807) is 6.92 Å². The van der Waals surface area contributed by atoms with E-state index in [-0.39, 0.29) is 12.3 Å². The number of hydrogen-bond donors (Lipinski definition) is 1. The van der Waals surface area contributed by atoms with Crippen LogP contribution in [0.3, 0.4) is 0 Å². The lowest BCUT2D eigenvalue weighted by atomic mass is 9.89. The number of benzene rings is 2. The Balaban J connectivity index is 2.31. The number of methoxy groups -OCH3 is 2. The molecule has 148 valence electrons. The Morgan fingerprint density at radius 2 is 1.36 bits per heavy atom. The second kappa shape index (κ2) is 10.3. The molecule has 0 spiro atoms. The quantitative estimate of drug-likeness (QED) is 0.709. The zero-order chi connectivity index (χ0) is 20.5. The second-order valence-corrected chi connectivity index (χ2v) is 6.52. The van der Waals surface area contributed by atoms with Gasteiger partial charge in [0.05, 0.1) is 26.6 Å². The summed E-state index contributed by atoms with van der Waals surface area (Å²) in [6, 6.07) is 17.7. The molecule has 0 saturated heterocycles. The molecule has 28 heavy (non-hydrogen) atoms. The molecule has 2 aromatic rings. The average Bonchev–Trinajstić information content (AvgIpc) is 2.73. The van der Waals surface area contributed by atoms with Crippen LogP contribution in [0.2, 0.25) is 0 Å². The summed E-state index contributed by atoms with van der Waals surface area (Å²) < 4.78 is 9.51.